The molecule has 248 valence electrons. The van der Waals surface area contributed by atoms with Gasteiger partial charge in [0.05, 0.1) is 10.6 Å². The van der Waals surface area contributed by atoms with Crippen LogP contribution in [-0.2, 0) is 31.0 Å². The van der Waals surface area contributed by atoms with Crippen molar-refractivity contribution in [3.63, 3.8) is 0 Å². The highest BCUT2D eigenvalue weighted by Crippen LogP contribution is 2.37. The summed E-state index contributed by atoms with van der Waals surface area (Å²) in [6, 6.07) is 21.9. The van der Waals surface area contributed by atoms with Crippen molar-refractivity contribution in [1.29, 1.82) is 5.26 Å². The first kappa shape index (κ1) is 33.3. The highest BCUT2D eigenvalue weighted by Gasteiger charge is 2.20. The van der Waals surface area contributed by atoms with Crippen LogP contribution in [0.15, 0.2) is 91.5 Å². The van der Waals surface area contributed by atoms with Crippen LogP contribution >= 0.6 is 11.6 Å². The number of nitrogens with one attached hydrogen (secondary N) is 1. The van der Waals surface area contributed by atoms with Crippen molar-refractivity contribution >= 4 is 17.6 Å². The molecule has 0 amide bonds. The number of rotatable bonds is 13. The second-order valence-electron chi connectivity index (χ2n) is 11.4. The molecule has 1 atom stereocenters. The maximum Gasteiger partial charge on any atom is 0.321 e. The number of carboxylic acids is 1. The standard InChI is InChI=1S/C38H33ClN4O6/c1-24-29(3-2-4-31(24)28-5-6-34-37(16-28)47-12-11-46-34)23-49-36-17-35(48-22-27-13-26(18-40)19-42-20-27)30(15-32(36)39)21-43-33(38(44)45)14-25-7-9-41-10-8-25/h2-10,13,15-17,19-20,33,43H,11-12,14,21-23H2,1H3,(H,44,45)/t33-/m0/s1. The molecule has 1 aliphatic heterocycles. The monoisotopic (exact) mass is 676 g/mol. The van der Waals surface area contributed by atoms with Crippen LogP contribution in [0.4, 0.5) is 0 Å². The largest absolute Gasteiger partial charge is 0.488 e. The number of nitriles is 1. The average molecular weight is 677 g/mol. The minimum absolute atomic E-state index is 0.118. The number of carbonyl (C=O) groups is 1. The summed E-state index contributed by atoms with van der Waals surface area (Å²) in [5.74, 6) is 1.32. The molecule has 0 aliphatic carbocycles. The summed E-state index contributed by atoms with van der Waals surface area (Å²) in [6.07, 6.45) is 6.63. The fraction of sp³-hybridized carbons (Fsp3) is 0.211. The normalized spacial score (nSPS) is 12.5. The number of benzene rings is 3. The minimum atomic E-state index is -0.987. The third-order valence-electron chi connectivity index (χ3n) is 8.14. The van der Waals surface area contributed by atoms with Crippen LogP contribution in [0.3, 0.4) is 0 Å². The van der Waals surface area contributed by atoms with E-state index in [0.29, 0.717) is 46.4 Å². The fourth-order valence-corrected chi connectivity index (χ4v) is 5.74. The summed E-state index contributed by atoms with van der Waals surface area (Å²) in [7, 11) is 0. The highest BCUT2D eigenvalue weighted by atomic mass is 35.5. The van der Waals surface area contributed by atoms with Gasteiger partial charge in [0.15, 0.2) is 11.5 Å². The van der Waals surface area contributed by atoms with E-state index in [-0.39, 0.29) is 26.2 Å². The van der Waals surface area contributed by atoms with Crippen LogP contribution < -0.4 is 24.3 Å². The Kier molecular flexibility index (Phi) is 10.5. The molecule has 0 saturated heterocycles. The molecule has 3 aromatic carbocycles. The zero-order chi connectivity index (χ0) is 34.2. The SMILES string of the molecule is Cc1c(COc2cc(OCc3cncc(C#N)c3)c(CN[C@@H](Cc3ccncc3)C(=O)O)cc2Cl)cccc1-c1ccc2c(c1)OCCO2. The molecule has 10 nitrogen and oxygen atoms in total. The number of aromatic nitrogens is 2. The lowest BCUT2D eigenvalue weighted by Crippen LogP contribution is -2.38. The Balaban J connectivity index is 1.23. The molecule has 49 heavy (non-hydrogen) atoms. The number of pyridine rings is 2. The molecule has 0 unspecified atom stereocenters. The molecular formula is C38H33ClN4O6. The third kappa shape index (κ3) is 8.27. The van der Waals surface area contributed by atoms with E-state index < -0.39 is 12.0 Å². The van der Waals surface area contributed by atoms with Gasteiger partial charge in [-0.2, -0.15) is 5.26 Å². The van der Waals surface area contributed by atoms with Crippen LogP contribution in [0.1, 0.15) is 33.4 Å². The Bertz CT molecular complexity index is 2000. The second-order valence-corrected chi connectivity index (χ2v) is 11.8. The topological polar surface area (TPSA) is 136 Å². The van der Waals surface area contributed by atoms with Gasteiger partial charge < -0.3 is 24.1 Å². The van der Waals surface area contributed by atoms with Crippen molar-refractivity contribution < 1.29 is 28.8 Å². The number of aliphatic carboxylic acids is 1. The number of carboxylic acid groups (broad SMARTS) is 1. The molecule has 0 fully saturated rings. The van der Waals surface area contributed by atoms with E-state index in [4.69, 9.17) is 30.5 Å². The van der Waals surface area contributed by atoms with E-state index in [1.54, 1.807) is 48.9 Å². The maximum atomic E-state index is 12.1. The van der Waals surface area contributed by atoms with Crippen LogP contribution in [0, 0.1) is 18.3 Å². The van der Waals surface area contributed by atoms with Gasteiger partial charge >= 0.3 is 5.97 Å². The van der Waals surface area contributed by atoms with Gasteiger partial charge in [-0.1, -0.05) is 35.9 Å². The molecule has 5 aromatic rings. The molecule has 0 bridgehead atoms. The Labute approximate surface area is 288 Å². The zero-order valence-electron chi connectivity index (χ0n) is 26.7. The van der Waals surface area contributed by atoms with Crippen LogP contribution in [0.25, 0.3) is 11.1 Å². The summed E-state index contributed by atoms with van der Waals surface area (Å²) in [5, 5.41) is 22.7. The minimum Gasteiger partial charge on any atom is -0.488 e. The Morgan fingerprint density at radius 1 is 0.939 bits per heavy atom. The smallest absolute Gasteiger partial charge is 0.321 e. The van der Waals surface area contributed by atoms with E-state index in [2.05, 4.69) is 27.4 Å². The first-order valence-electron chi connectivity index (χ1n) is 15.6. The lowest BCUT2D eigenvalue weighted by Gasteiger charge is -2.20. The fourth-order valence-electron chi connectivity index (χ4n) is 5.50. The van der Waals surface area contributed by atoms with Crippen LogP contribution in [0.2, 0.25) is 5.02 Å². The first-order chi connectivity index (χ1) is 23.9. The molecule has 2 N–H and O–H groups in total. The maximum absolute atomic E-state index is 12.1. The summed E-state index contributed by atoms with van der Waals surface area (Å²) in [6.45, 7) is 3.61. The van der Waals surface area contributed by atoms with E-state index in [1.807, 2.05) is 37.3 Å². The van der Waals surface area contributed by atoms with Gasteiger partial charge in [-0.3, -0.25) is 20.1 Å². The number of ether oxygens (including phenoxy) is 4. The molecule has 0 spiro atoms. The summed E-state index contributed by atoms with van der Waals surface area (Å²) < 4.78 is 24.0. The average Bonchev–Trinajstić information content (AvgIpc) is 3.13. The van der Waals surface area contributed by atoms with Crippen molar-refractivity contribution in [2.24, 2.45) is 0 Å². The number of hydrogen-bond acceptors (Lipinski definition) is 9. The zero-order valence-corrected chi connectivity index (χ0v) is 27.4. The molecule has 1 aliphatic rings. The van der Waals surface area contributed by atoms with Crippen molar-refractivity contribution in [2.45, 2.75) is 39.1 Å². The molecule has 3 heterocycles. The van der Waals surface area contributed by atoms with Gasteiger partial charge in [-0.15, -0.1) is 0 Å². The molecular weight excluding hydrogens is 644 g/mol. The van der Waals surface area contributed by atoms with Gasteiger partial charge in [-0.25, -0.2) is 0 Å². The van der Waals surface area contributed by atoms with Gasteiger partial charge in [0.1, 0.15) is 50.0 Å². The molecule has 11 heteroatoms. The van der Waals surface area contributed by atoms with Crippen molar-refractivity contribution in [3.05, 3.63) is 130 Å². The number of fused-ring (bicyclic) bond motifs is 1. The van der Waals surface area contributed by atoms with Crippen molar-refractivity contribution in [2.75, 3.05) is 13.2 Å². The van der Waals surface area contributed by atoms with Gasteiger partial charge in [0, 0.05) is 48.5 Å². The van der Waals surface area contributed by atoms with Crippen molar-refractivity contribution in [1.82, 2.24) is 15.3 Å². The van der Waals surface area contributed by atoms with E-state index in [9.17, 15) is 15.2 Å². The number of halogens is 1. The Morgan fingerprint density at radius 3 is 2.53 bits per heavy atom. The van der Waals surface area contributed by atoms with Gasteiger partial charge in [0.25, 0.3) is 0 Å². The van der Waals surface area contributed by atoms with Gasteiger partial charge in [0.2, 0.25) is 0 Å². The molecule has 0 saturated carbocycles. The third-order valence-corrected chi connectivity index (χ3v) is 8.44. The predicted octanol–water partition coefficient (Wildman–Crippen LogP) is 6.69. The van der Waals surface area contributed by atoms with E-state index in [1.165, 1.54) is 6.20 Å². The summed E-state index contributed by atoms with van der Waals surface area (Å²) in [4.78, 5) is 20.3. The molecule has 2 aromatic heterocycles. The number of hydrogen-bond donors (Lipinski definition) is 2. The Morgan fingerprint density at radius 2 is 1.73 bits per heavy atom. The molecule has 6 rings (SSSR count). The predicted molar refractivity (Wildman–Crippen MR) is 183 cm³/mol. The highest BCUT2D eigenvalue weighted by molar-refractivity contribution is 6.32. The molecule has 0 radical (unpaired) electrons. The lowest BCUT2D eigenvalue weighted by molar-refractivity contribution is -0.139. The van der Waals surface area contributed by atoms with Crippen LogP contribution in [0.5, 0.6) is 23.0 Å². The second kappa shape index (κ2) is 15.5. The van der Waals surface area contributed by atoms with Crippen LogP contribution in [-0.4, -0.2) is 40.3 Å². The quantitative estimate of drug-likeness (QED) is 0.139. The van der Waals surface area contributed by atoms with E-state index in [0.717, 1.165) is 39.3 Å². The number of nitrogens with zero attached hydrogens (tertiary/aromatic N) is 3. The first-order valence-corrected chi connectivity index (χ1v) is 16.0. The summed E-state index contributed by atoms with van der Waals surface area (Å²) >= 11 is 6.76. The lowest BCUT2D eigenvalue weighted by atomic mass is 9.96. The Hall–Kier alpha value is -5.63. The van der Waals surface area contributed by atoms with Gasteiger partial charge in [-0.05, 0) is 77.6 Å². The van der Waals surface area contributed by atoms with Crippen molar-refractivity contribution in [3.8, 4) is 40.2 Å². The summed E-state index contributed by atoms with van der Waals surface area (Å²) in [5.41, 5.74) is 6.66. The van der Waals surface area contributed by atoms with E-state index >= 15 is 0 Å².